The van der Waals surface area contributed by atoms with E-state index in [0.717, 1.165) is 27.1 Å². The smallest absolute Gasteiger partial charge is 0.264 e. The van der Waals surface area contributed by atoms with E-state index in [0.29, 0.717) is 5.69 Å². The van der Waals surface area contributed by atoms with Gasteiger partial charge < -0.3 is 5.32 Å². The topological polar surface area (TPSA) is 66.5 Å². The third-order valence-corrected chi connectivity index (χ3v) is 8.07. The van der Waals surface area contributed by atoms with Gasteiger partial charge in [0, 0.05) is 4.90 Å². The minimum atomic E-state index is -3.94. The average molecular weight is 483 g/mol. The van der Waals surface area contributed by atoms with Gasteiger partial charge in [-0.1, -0.05) is 41.5 Å². The predicted octanol–water partition coefficient (Wildman–Crippen LogP) is 5.41. The van der Waals surface area contributed by atoms with Crippen LogP contribution >= 0.6 is 11.8 Å². The molecule has 0 aliphatic heterocycles. The number of hydrogen-bond donors (Lipinski definition) is 1. The van der Waals surface area contributed by atoms with Gasteiger partial charge in [-0.25, -0.2) is 8.42 Å². The van der Waals surface area contributed by atoms with Crippen LogP contribution in [0.25, 0.3) is 0 Å². The highest BCUT2D eigenvalue weighted by atomic mass is 32.2. The van der Waals surface area contributed by atoms with Crippen LogP contribution in [0.5, 0.6) is 0 Å². The molecule has 1 amide bonds. The molecule has 1 N–H and O–H groups in total. The molecule has 0 saturated heterocycles. The Balaban J connectivity index is 1.90. The van der Waals surface area contributed by atoms with Crippen LogP contribution < -0.4 is 9.62 Å². The van der Waals surface area contributed by atoms with Crippen molar-refractivity contribution in [3.8, 4) is 0 Å². The number of nitrogens with one attached hydrogen (secondary N) is 1. The predicted molar refractivity (Wildman–Crippen MR) is 136 cm³/mol. The molecule has 0 saturated carbocycles. The molecule has 1 unspecified atom stereocenters. The Labute approximate surface area is 201 Å². The zero-order valence-corrected chi connectivity index (χ0v) is 21.3. The van der Waals surface area contributed by atoms with E-state index in [1.165, 1.54) is 16.1 Å². The lowest BCUT2D eigenvalue weighted by Gasteiger charge is -2.25. The lowest BCUT2D eigenvalue weighted by Crippen LogP contribution is -2.41. The highest BCUT2D eigenvalue weighted by molar-refractivity contribution is 7.98. The van der Waals surface area contributed by atoms with Crippen LogP contribution in [0.3, 0.4) is 0 Å². The number of carbonyl (C=O) groups is 1. The molecule has 0 bridgehead atoms. The highest BCUT2D eigenvalue weighted by Gasteiger charge is 2.28. The van der Waals surface area contributed by atoms with E-state index in [1.807, 2.05) is 64.3 Å². The Kier molecular flexibility index (Phi) is 7.87. The molecule has 174 valence electrons. The molecule has 1 atom stereocenters. The molecule has 3 rings (SSSR count). The van der Waals surface area contributed by atoms with Crippen molar-refractivity contribution in [3.05, 3.63) is 89.0 Å². The largest absolute Gasteiger partial charge is 0.348 e. The molecule has 0 spiro atoms. The van der Waals surface area contributed by atoms with Gasteiger partial charge in [0.15, 0.2) is 0 Å². The van der Waals surface area contributed by atoms with Crippen molar-refractivity contribution in [2.75, 3.05) is 17.1 Å². The number of hydrogen-bond acceptors (Lipinski definition) is 4. The average Bonchev–Trinajstić information content (AvgIpc) is 2.79. The van der Waals surface area contributed by atoms with E-state index in [-0.39, 0.29) is 23.4 Å². The van der Waals surface area contributed by atoms with Crippen LogP contribution in [0.2, 0.25) is 0 Å². The Morgan fingerprint density at radius 3 is 2.15 bits per heavy atom. The molecule has 0 aliphatic carbocycles. The van der Waals surface area contributed by atoms with Gasteiger partial charge in [0.25, 0.3) is 10.0 Å². The number of anilines is 1. The Morgan fingerprint density at radius 1 is 0.939 bits per heavy atom. The number of aryl methyl sites for hydroxylation is 3. The lowest BCUT2D eigenvalue weighted by atomic mass is 10.00. The Hall–Kier alpha value is -2.77. The molecular formula is C26H30N2O3S2. The molecule has 7 heteroatoms. The number of rotatable bonds is 8. The van der Waals surface area contributed by atoms with Gasteiger partial charge in [-0.05, 0) is 81.5 Å². The summed E-state index contributed by atoms with van der Waals surface area (Å²) in [5.41, 5.74) is 4.65. The minimum absolute atomic E-state index is 0.149. The van der Waals surface area contributed by atoms with Crippen molar-refractivity contribution in [1.82, 2.24) is 5.32 Å². The molecule has 3 aromatic rings. The molecule has 0 aromatic heterocycles. The molecular weight excluding hydrogens is 452 g/mol. The fourth-order valence-corrected chi connectivity index (χ4v) is 5.45. The SMILES string of the molecule is CSc1ccc(S(=O)(=O)N(CC(=O)NC(C)c2cc(C)ccc2C)c2ccc(C)cc2)cc1. The van der Waals surface area contributed by atoms with Crippen LogP contribution in [0.4, 0.5) is 5.69 Å². The van der Waals surface area contributed by atoms with Crippen molar-refractivity contribution in [1.29, 1.82) is 0 Å². The Morgan fingerprint density at radius 2 is 1.55 bits per heavy atom. The summed E-state index contributed by atoms with van der Waals surface area (Å²) in [4.78, 5) is 14.1. The third kappa shape index (κ3) is 5.97. The molecule has 0 heterocycles. The molecule has 0 fully saturated rings. The zero-order valence-electron chi connectivity index (χ0n) is 19.6. The second-order valence-electron chi connectivity index (χ2n) is 8.17. The van der Waals surface area contributed by atoms with Gasteiger partial charge >= 0.3 is 0 Å². The maximum absolute atomic E-state index is 13.5. The van der Waals surface area contributed by atoms with Crippen molar-refractivity contribution in [3.63, 3.8) is 0 Å². The quantitative estimate of drug-likeness (QED) is 0.436. The first kappa shape index (κ1) is 24.9. The van der Waals surface area contributed by atoms with Crippen LogP contribution in [0.1, 0.15) is 35.2 Å². The lowest BCUT2D eigenvalue weighted by molar-refractivity contribution is -0.120. The van der Waals surface area contributed by atoms with Crippen LogP contribution in [0, 0.1) is 20.8 Å². The van der Waals surface area contributed by atoms with Crippen LogP contribution in [-0.4, -0.2) is 27.1 Å². The number of amides is 1. The normalized spacial score (nSPS) is 12.3. The van der Waals surface area contributed by atoms with Gasteiger partial charge in [-0.2, -0.15) is 0 Å². The van der Waals surface area contributed by atoms with Crippen molar-refractivity contribution < 1.29 is 13.2 Å². The van der Waals surface area contributed by atoms with Gasteiger partial charge in [0.05, 0.1) is 16.6 Å². The summed E-state index contributed by atoms with van der Waals surface area (Å²) in [6, 6.07) is 19.7. The maximum atomic E-state index is 13.5. The second-order valence-corrected chi connectivity index (χ2v) is 10.9. The summed E-state index contributed by atoms with van der Waals surface area (Å²) in [5, 5.41) is 2.97. The van der Waals surface area contributed by atoms with E-state index in [2.05, 4.69) is 5.32 Å². The summed E-state index contributed by atoms with van der Waals surface area (Å²) in [7, 11) is -3.94. The summed E-state index contributed by atoms with van der Waals surface area (Å²) >= 11 is 1.54. The minimum Gasteiger partial charge on any atom is -0.348 e. The van der Waals surface area contributed by atoms with Crippen molar-refractivity contribution in [2.45, 2.75) is 43.5 Å². The number of carbonyl (C=O) groups excluding carboxylic acids is 1. The van der Waals surface area contributed by atoms with E-state index < -0.39 is 10.0 Å². The fourth-order valence-electron chi connectivity index (χ4n) is 3.62. The van der Waals surface area contributed by atoms with Gasteiger partial charge in [-0.15, -0.1) is 11.8 Å². The van der Waals surface area contributed by atoms with Gasteiger partial charge in [-0.3, -0.25) is 9.10 Å². The first-order chi connectivity index (χ1) is 15.6. The standard InChI is InChI=1S/C26H30N2O3S2/c1-18-7-10-22(11-8-18)28(33(30,31)24-14-12-23(32-5)13-15-24)17-26(29)27-21(4)25-16-19(2)6-9-20(25)3/h6-16,21H,17H2,1-5H3,(H,27,29). The number of nitrogens with zero attached hydrogens (tertiary/aromatic N) is 1. The molecule has 0 radical (unpaired) electrons. The van der Waals surface area contributed by atoms with Crippen LogP contribution in [-0.2, 0) is 14.8 Å². The Bertz CT molecular complexity index is 1220. The number of benzene rings is 3. The van der Waals surface area contributed by atoms with Crippen molar-refractivity contribution >= 4 is 33.4 Å². The first-order valence-corrected chi connectivity index (χ1v) is 13.4. The zero-order chi connectivity index (χ0) is 24.2. The third-order valence-electron chi connectivity index (χ3n) is 5.54. The fraction of sp³-hybridized carbons (Fsp3) is 0.269. The monoisotopic (exact) mass is 482 g/mol. The first-order valence-electron chi connectivity index (χ1n) is 10.7. The second kappa shape index (κ2) is 10.4. The van der Waals surface area contributed by atoms with Crippen LogP contribution in [0.15, 0.2) is 76.5 Å². The molecule has 0 aliphatic rings. The number of thioether (sulfide) groups is 1. The number of sulfonamides is 1. The van der Waals surface area contributed by atoms with E-state index in [1.54, 1.807) is 36.4 Å². The summed E-state index contributed by atoms with van der Waals surface area (Å²) < 4.78 is 28.3. The summed E-state index contributed by atoms with van der Waals surface area (Å²) in [6.07, 6.45) is 1.93. The molecule has 3 aromatic carbocycles. The summed E-state index contributed by atoms with van der Waals surface area (Å²) in [5.74, 6) is -0.367. The summed E-state index contributed by atoms with van der Waals surface area (Å²) in [6.45, 7) is 7.53. The van der Waals surface area contributed by atoms with Crippen molar-refractivity contribution in [2.24, 2.45) is 0 Å². The molecule has 5 nitrogen and oxygen atoms in total. The van der Waals surface area contributed by atoms with E-state index in [4.69, 9.17) is 0 Å². The molecule has 33 heavy (non-hydrogen) atoms. The van der Waals surface area contributed by atoms with Gasteiger partial charge in [0.2, 0.25) is 5.91 Å². The maximum Gasteiger partial charge on any atom is 0.264 e. The highest BCUT2D eigenvalue weighted by Crippen LogP contribution is 2.26. The van der Waals surface area contributed by atoms with E-state index >= 15 is 0 Å². The van der Waals surface area contributed by atoms with E-state index in [9.17, 15) is 13.2 Å². The van der Waals surface area contributed by atoms with Gasteiger partial charge in [0.1, 0.15) is 6.54 Å².